The smallest absolute Gasteiger partial charge is 0.229 e. The Hall–Kier alpha value is -4.06. The molecule has 4 heterocycles. The summed E-state index contributed by atoms with van der Waals surface area (Å²) in [7, 11) is 0.647. The van der Waals surface area contributed by atoms with Gasteiger partial charge in [0.25, 0.3) is 0 Å². The normalized spacial score (nSPS) is 18.3. The average Bonchev–Trinajstić information content (AvgIpc) is 3.97. The van der Waals surface area contributed by atoms with Crippen LogP contribution in [0.1, 0.15) is 44.1 Å². The van der Waals surface area contributed by atoms with Gasteiger partial charge in [0.15, 0.2) is 0 Å². The van der Waals surface area contributed by atoms with Crippen molar-refractivity contribution in [2.45, 2.75) is 38.5 Å². The van der Waals surface area contributed by atoms with Gasteiger partial charge < -0.3 is 35.5 Å². The fourth-order valence-electron chi connectivity index (χ4n) is 7.70. The molecule has 0 atom stereocenters. The van der Waals surface area contributed by atoms with Crippen LogP contribution in [0.2, 0.25) is 0 Å². The number of nitrogens with two attached hydrogens (primary N) is 1. The molecule has 2 aliphatic heterocycles. The maximum absolute atomic E-state index is 13.5. The number of rotatable bonds is 11. The molecule has 12 nitrogen and oxygen atoms in total. The van der Waals surface area contributed by atoms with Gasteiger partial charge in [-0.3, -0.25) is 15.0 Å². The van der Waals surface area contributed by atoms with Crippen LogP contribution in [0.5, 0.6) is 5.75 Å². The van der Waals surface area contributed by atoms with Crippen molar-refractivity contribution >= 4 is 80.0 Å². The lowest BCUT2D eigenvalue weighted by atomic mass is 9.71. The molecule has 14 heteroatoms. The third-order valence-electron chi connectivity index (χ3n) is 10.8. The first-order valence-electron chi connectivity index (χ1n) is 18.0. The molecule has 0 bridgehead atoms. The first kappa shape index (κ1) is 36.3. The highest BCUT2D eigenvalue weighted by molar-refractivity contribution is 9.10. The fourth-order valence-corrected chi connectivity index (χ4v) is 9.38. The molecule has 7 rings (SSSR count). The number of hydrogen-bond donors (Lipinski definition) is 3. The number of hydrogen-bond acceptors (Lipinski definition) is 12. The molecular formula is C38H48BrN10O2P. The van der Waals surface area contributed by atoms with Crippen LogP contribution in [0.15, 0.2) is 58.5 Å². The molecule has 52 heavy (non-hydrogen) atoms. The van der Waals surface area contributed by atoms with Crippen molar-refractivity contribution in [1.82, 2.24) is 24.8 Å². The van der Waals surface area contributed by atoms with Crippen molar-refractivity contribution < 1.29 is 9.30 Å². The van der Waals surface area contributed by atoms with Gasteiger partial charge in [0, 0.05) is 80.6 Å². The minimum absolute atomic E-state index is 0.344. The van der Waals surface area contributed by atoms with E-state index in [1.54, 1.807) is 58.5 Å². The minimum Gasteiger partial charge on any atom is -0.494 e. The van der Waals surface area contributed by atoms with Crippen LogP contribution in [0.4, 0.5) is 28.8 Å². The molecule has 1 aliphatic carbocycles. The summed E-state index contributed by atoms with van der Waals surface area (Å²) in [5.74, 6) is 2.44. The number of nitrogens with zero attached hydrogens (tertiary/aromatic N) is 7. The number of piperidine rings is 2. The zero-order chi connectivity index (χ0) is 36.5. The van der Waals surface area contributed by atoms with Crippen molar-refractivity contribution in [3.05, 3.63) is 59.1 Å². The van der Waals surface area contributed by atoms with Gasteiger partial charge in [-0.2, -0.15) is 4.98 Å². The van der Waals surface area contributed by atoms with Gasteiger partial charge in [0.05, 0.1) is 33.8 Å². The second-order valence-electron chi connectivity index (χ2n) is 14.7. The first-order chi connectivity index (χ1) is 25.1. The van der Waals surface area contributed by atoms with Crippen molar-refractivity contribution in [2.24, 2.45) is 22.1 Å². The van der Waals surface area contributed by atoms with Crippen molar-refractivity contribution in [3.8, 4) is 5.75 Å². The van der Waals surface area contributed by atoms with Gasteiger partial charge in [0.1, 0.15) is 24.2 Å². The second-order valence-corrected chi connectivity index (χ2v) is 18.7. The highest BCUT2D eigenvalue weighted by Crippen LogP contribution is 2.46. The van der Waals surface area contributed by atoms with Crippen molar-refractivity contribution in [1.29, 1.82) is 0 Å². The third kappa shape index (κ3) is 7.82. The summed E-state index contributed by atoms with van der Waals surface area (Å²) in [4.78, 5) is 27.8. The molecule has 0 amide bonds. The lowest BCUT2D eigenvalue weighted by molar-refractivity contribution is 0.0773. The molecule has 2 aromatic carbocycles. The Morgan fingerprint density at radius 1 is 1.06 bits per heavy atom. The van der Waals surface area contributed by atoms with E-state index in [1.165, 1.54) is 58.2 Å². The Morgan fingerprint density at radius 2 is 1.79 bits per heavy atom. The maximum atomic E-state index is 13.5. The number of ether oxygens (including phenoxy) is 1. The number of nitrogens with one attached hydrogen (secondary N) is 2. The van der Waals surface area contributed by atoms with Crippen molar-refractivity contribution in [2.75, 3.05) is 75.7 Å². The number of anilines is 5. The molecule has 0 unspecified atom stereocenters. The monoisotopic (exact) mass is 786 g/mol. The van der Waals surface area contributed by atoms with Gasteiger partial charge in [-0.1, -0.05) is 0 Å². The molecule has 3 fully saturated rings. The van der Waals surface area contributed by atoms with E-state index in [2.05, 4.69) is 62.4 Å². The molecular weight excluding hydrogens is 739 g/mol. The molecule has 2 aromatic heterocycles. The molecule has 274 valence electrons. The highest BCUT2D eigenvalue weighted by atomic mass is 79.9. The van der Waals surface area contributed by atoms with E-state index in [4.69, 9.17) is 15.5 Å². The summed E-state index contributed by atoms with van der Waals surface area (Å²) in [6, 6.07) is 7.84. The highest BCUT2D eigenvalue weighted by Gasteiger charge is 2.39. The number of likely N-dealkylation sites (tertiary alicyclic amines) is 1. The number of methoxy groups -OCH3 is 1. The van der Waals surface area contributed by atoms with Crippen LogP contribution in [-0.4, -0.2) is 91.3 Å². The molecule has 4 aromatic rings. The van der Waals surface area contributed by atoms with E-state index < -0.39 is 7.14 Å². The summed E-state index contributed by atoms with van der Waals surface area (Å²) in [5.41, 5.74) is 12.1. The second kappa shape index (κ2) is 15.1. The zero-order valence-electron chi connectivity index (χ0n) is 30.4. The lowest BCUT2D eigenvalue weighted by Crippen LogP contribution is -2.47. The predicted molar refractivity (Wildman–Crippen MR) is 217 cm³/mol. The van der Waals surface area contributed by atoms with E-state index in [-0.39, 0.29) is 0 Å². The first-order valence-corrected chi connectivity index (χ1v) is 21.4. The SMILES string of the molecule is CN=CC(=CN)c1cc(Nc2ncc(Br)c(Nc3ccc4nccnc4c3P(C)(C)=O)n2)c(OC)cc1N1CCC2(CCN(CC3CC3)CC2)CC1. The number of allylic oxidation sites excluding steroid dienone is 1. The van der Waals surface area contributed by atoms with Crippen LogP contribution in [0, 0.1) is 11.3 Å². The summed E-state index contributed by atoms with van der Waals surface area (Å²) < 4.78 is 20.1. The van der Waals surface area contributed by atoms with Crippen molar-refractivity contribution in [3.63, 3.8) is 0 Å². The summed E-state index contributed by atoms with van der Waals surface area (Å²) in [6.07, 6.45) is 16.1. The van der Waals surface area contributed by atoms with Crippen LogP contribution in [0.3, 0.4) is 0 Å². The van der Waals surface area contributed by atoms with Crippen LogP contribution >= 0.6 is 23.1 Å². The maximum Gasteiger partial charge on any atom is 0.229 e. The van der Waals surface area contributed by atoms with E-state index in [0.717, 1.165) is 35.8 Å². The Bertz CT molecular complexity index is 2050. The standard InChI is InChI=1S/C38H48BrN10O2P/c1-41-22-26(21-40)27-19-31(33(51-2)20-32(27)49-17-11-38(12-18-49)9-15-48(16-10-38)24-25-5-6-25)46-37-44-23-28(39)36(47-37)45-30-8-7-29-34(43-14-13-42-29)35(30)52(3,4)50/h7-8,13-14,19-23,25H,5-6,9-12,15-18,24,40H2,1-4H3,(H2,44,45,46,47). The van der Waals surface area contributed by atoms with Gasteiger partial charge in [0.2, 0.25) is 5.95 Å². The van der Waals surface area contributed by atoms with Gasteiger partial charge >= 0.3 is 0 Å². The van der Waals surface area contributed by atoms with Crippen LogP contribution in [-0.2, 0) is 4.57 Å². The zero-order valence-corrected chi connectivity index (χ0v) is 32.9. The Labute approximate surface area is 314 Å². The lowest BCUT2D eigenvalue weighted by Gasteiger charge is -2.48. The summed E-state index contributed by atoms with van der Waals surface area (Å²) in [6.45, 7) is 9.16. The Kier molecular flexibility index (Phi) is 10.6. The number of halogens is 1. The molecule has 1 spiro atoms. The van der Waals surface area contributed by atoms with Gasteiger partial charge in [-0.15, -0.1) is 0 Å². The summed E-state index contributed by atoms with van der Waals surface area (Å²) in [5, 5.41) is 7.38. The minimum atomic E-state index is -2.77. The number of fused-ring (bicyclic) bond motifs is 1. The van der Waals surface area contributed by atoms with E-state index in [9.17, 15) is 4.57 Å². The molecule has 4 N–H and O–H groups in total. The largest absolute Gasteiger partial charge is 0.494 e. The third-order valence-corrected chi connectivity index (χ3v) is 12.9. The van der Waals surface area contributed by atoms with Crippen LogP contribution in [0.25, 0.3) is 16.6 Å². The number of benzene rings is 2. The van der Waals surface area contributed by atoms with Gasteiger partial charge in [-0.25, -0.2) is 4.98 Å². The Balaban J connectivity index is 1.16. The quantitative estimate of drug-likeness (QED) is 0.107. The van der Waals surface area contributed by atoms with Crippen LogP contribution < -0.4 is 31.3 Å². The van der Waals surface area contributed by atoms with Gasteiger partial charge in [-0.05, 0) is 110 Å². The Morgan fingerprint density at radius 3 is 2.46 bits per heavy atom. The molecule has 1 saturated carbocycles. The molecule has 2 saturated heterocycles. The van der Waals surface area contributed by atoms with E-state index in [0.29, 0.717) is 55.1 Å². The molecule has 3 aliphatic rings. The topological polar surface area (TPSA) is 147 Å². The average molecular weight is 788 g/mol. The van der Waals surface area contributed by atoms with E-state index >= 15 is 0 Å². The predicted octanol–water partition coefficient (Wildman–Crippen LogP) is 7.02. The number of aromatic nitrogens is 4. The fraction of sp³-hybridized carbons (Fsp3) is 0.447. The number of aliphatic imine (C=N–C) groups is 1. The summed E-state index contributed by atoms with van der Waals surface area (Å²) >= 11 is 3.60. The molecule has 0 radical (unpaired) electrons. The van der Waals surface area contributed by atoms with E-state index in [1.807, 2.05) is 18.2 Å².